The van der Waals surface area contributed by atoms with Crippen molar-refractivity contribution in [1.29, 1.82) is 0 Å². The van der Waals surface area contributed by atoms with E-state index in [0.29, 0.717) is 48.9 Å². The van der Waals surface area contributed by atoms with E-state index in [-0.39, 0.29) is 101 Å². The van der Waals surface area contributed by atoms with Crippen LogP contribution in [0.25, 0.3) is 32.7 Å². The van der Waals surface area contributed by atoms with E-state index in [1.54, 1.807) is 18.6 Å². The fourth-order valence-electron chi connectivity index (χ4n) is 11.3. The lowest BCUT2D eigenvalue weighted by molar-refractivity contribution is -0.135. The summed E-state index contributed by atoms with van der Waals surface area (Å²) >= 11 is 0. The van der Waals surface area contributed by atoms with Crippen molar-refractivity contribution < 1.29 is 38.4 Å². The Balaban J connectivity index is 1.27. The molecule has 520 valence electrons. The van der Waals surface area contributed by atoms with Crippen molar-refractivity contribution in [2.24, 2.45) is 60.8 Å². The summed E-state index contributed by atoms with van der Waals surface area (Å²) in [5.74, 6) is -6.02. The van der Waals surface area contributed by atoms with E-state index in [2.05, 4.69) is 74.1 Å². The molecular weight excluding hydrogens is 1230 g/mol. The maximum Gasteiger partial charge on any atom is 0.243 e. The molecule has 3 heterocycles. The lowest BCUT2D eigenvalue weighted by atomic mass is 10.0. The first kappa shape index (κ1) is 74.8. The average Bonchev–Trinajstić information content (AvgIpc) is 1.65. The molecule has 3 aromatic heterocycles. The van der Waals surface area contributed by atoms with Crippen LogP contribution in [0.1, 0.15) is 133 Å². The predicted octanol–water partition coefficient (Wildman–Crippen LogP) is 1.47. The van der Waals surface area contributed by atoms with Crippen LogP contribution in [0.2, 0.25) is 0 Å². The normalized spacial score (nSPS) is 13.4. The summed E-state index contributed by atoms with van der Waals surface area (Å²) < 4.78 is 0. The van der Waals surface area contributed by atoms with Gasteiger partial charge in [0.25, 0.3) is 0 Å². The van der Waals surface area contributed by atoms with E-state index in [9.17, 15) is 24.0 Å². The molecule has 0 aliphatic heterocycles. The molecule has 0 aliphatic rings. The second-order valence-corrected chi connectivity index (χ2v) is 24.1. The van der Waals surface area contributed by atoms with Gasteiger partial charge in [0.2, 0.25) is 47.3 Å². The number of benzene rings is 3. The number of carbonyl (C=O) groups excluding carboxylic acids is 8. The number of aromatic amines is 3. The van der Waals surface area contributed by atoms with Gasteiger partial charge >= 0.3 is 0 Å². The van der Waals surface area contributed by atoms with Crippen LogP contribution in [0.4, 0.5) is 0 Å². The smallest absolute Gasteiger partial charge is 0.243 e. The number of primary amides is 1. The zero-order valence-electron chi connectivity index (χ0n) is 54.9. The van der Waals surface area contributed by atoms with Gasteiger partial charge in [-0.1, -0.05) is 100 Å². The van der Waals surface area contributed by atoms with Crippen LogP contribution >= 0.6 is 0 Å². The molecule has 0 aliphatic carbocycles. The Hall–Kier alpha value is -10.2. The Morgan fingerprint density at radius 2 is 0.740 bits per heavy atom. The Labute approximate surface area is 558 Å². The van der Waals surface area contributed by atoms with Crippen LogP contribution in [0.3, 0.4) is 0 Å². The van der Waals surface area contributed by atoms with Crippen LogP contribution < -0.4 is 83.1 Å². The highest BCUT2D eigenvalue weighted by Gasteiger charge is 2.35. The topological polar surface area (TPSA) is 513 Å². The van der Waals surface area contributed by atoms with Gasteiger partial charge in [0.1, 0.15) is 36.3 Å². The molecule has 29 heteroatoms. The third-order valence-electron chi connectivity index (χ3n) is 16.6. The maximum atomic E-state index is 15.3. The van der Waals surface area contributed by atoms with Gasteiger partial charge in [0, 0.05) is 103 Å². The second kappa shape index (κ2) is 39.5. The van der Waals surface area contributed by atoms with E-state index in [1.807, 2.05) is 72.8 Å². The number of H-pyrrole nitrogens is 3. The van der Waals surface area contributed by atoms with Crippen molar-refractivity contribution in [3.8, 4) is 0 Å². The van der Waals surface area contributed by atoms with E-state index in [0.717, 1.165) is 58.4 Å². The van der Waals surface area contributed by atoms with Gasteiger partial charge in [0.15, 0.2) is 17.9 Å². The summed E-state index contributed by atoms with van der Waals surface area (Å²) in [6, 6.07) is 12.9. The Morgan fingerprint density at radius 1 is 0.396 bits per heavy atom. The third kappa shape index (κ3) is 24.9. The number of aliphatic imine (C=N–C) groups is 3. The number of carbonyl (C=O) groups is 8. The molecule has 0 radical (unpaired) electrons. The van der Waals surface area contributed by atoms with Crippen LogP contribution in [0.5, 0.6) is 0 Å². The molecule has 7 atom stereocenters. The molecule has 0 saturated carbocycles. The maximum absolute atomic E-state index is 15.3. The average molecular weight is 1330 g/mol. The highest BCUT2D eigenvalue weighted by atomic mass is 16.2. The highest BCUT2D eigenvalue weighted by molar-refractivity contribution is 5.99. The third-order valence-corrected chi connectivity index (χ3v) is 16.6. The van der Waals surface area contributed by atoms with E-state index in [4.69, 9.17) is 45.9 Å². The Morgan fingerprint density at radius 3 is 1.15 bits per heavy atom. The molecular formula is C67H99N21O8. The van der Waals surface area contributed by atoms with E-state index < -0.39 is 83.6 Å². The van der Waals surface area contributed by atoms with Crippen molar-refractivity contribution in [2.45, 2.75) is 178 Å². The number of nitrogens with one attached hydrogen (secondary N) is 10. The van der Waals surface area contributed by atoms with E-state index >= 15 is 14.4 Å². The number of unbranched alkanes of at least 4 members (excludes halogenated alkanes) is 7. The number of guanidine groups is 3. The number of aromatic nitrogens is 3. The van der Waals surface area contributed by atoms with Gasteiger partial charge in [0.05, 0.1) is 6.04 Å². The minimum absolute atomic E-state index is 0.0360. The molecule has 0 spiro atoms. The second-order valence-electron chi connectivity index (χ2n) is 24.1. The lowest BCUT2D eigenvalue weighted by Gasteiger charge is -2.28. The monoisotopic (exact) mass is 1330 g/mol. The quantitative estimate of drug-likeness (QED) is 0.0146. The fraction of sp³-hybridized carbons (Fsp3) is 0.478. The first-order valence-electron chi connectivity index (χ1n) is 33.2. The summed E-state index contributed by atoms with van der Waals surface area (Å²) in [5.41, 5.74) is 50.1. The molecule has 6 aromatic rings. The molecule has 0 fully saturated rings. The van der Waals surface area contributed by atoms with E-state index in [1.165, 1.54) is 19.3 Å². The van der Waals surface area contributed by atoms with Gasteiger partial charge in [-0.25, -0.2) is 0 Å². The molecule has 96 heavy (non-hydrogen) atoms. The predicted molar refractivity (Wildman–Crippen MR) is 374 cm³/mol. The number of nitrogens with zero attached hydrogens (tertiary/aromatic N) is 3. The zero-order chi connectivity index (χ0) is 69.4. The number of para-hydroxylation sites is 3. The molecule has 0 unspecified atom stereocenters. The largest absolute Gasteiger partial charge is 0.370 e. The SMILES string of the molecule is CCCCCCCCCC(=O)NCCCC[C@H](NC(=O)[C@@H](Cc1c[nH]c2ccccc12)NC(=O)[C@@H](CCCN=C(N)N)NC(=O)[C@H](Cc1c[nH]c2ccccc12)NC(=O)[C@H](CCCN=C(N)N)NC(=O)[C@@H](Cc1c[nH]c2ccccc12)NC(=O)[C@H](N)CCCN=C(N)N)C(N)=O. The van der Waals surface area contributed by atoms with Crippen LogP contribution in [-0.2, 0) is 57.6 Å². The Kier molecular flexibility index (Phi) is 30.8. The van der Waals surface area contributed by atoms with Crippen molar-refractivity contribution in [3.05, 3.63) is 108 Å². The number of hydrogen-bond acceptors (Lipinski definition) is 12. The highest BCUT2D eigenvalue weighted by Crippen LogP contribution is 2.23. The number of hydrogen-bond donors (Lipinski definition) is 18. The van der Waals surface area contributed by atoms with Crippen LogP contribution in [0, 0.1) is 0 Å². The molecule has 3 aromatic carbocycles. The molecule has 26 N–H and O–H groups in total. The van der Waals surface area contributed by atoms with Gasteiger partial charge in [-0.2, -0.15) is 0 Å². The fourth-order valence-corrected chi connectivity index (χ4v) is 11.3. The number of rotatable bonds is 44. The van der Waals surface area contributed by atoms with Gasteiger partial charge < -0.3 is 98.0 Å². The number of fused-ring (bicyclic) bond motifs is 3. The zero-order valence-corrected chi connectivity index (χ0v) is 54.9. The Bertz CT molecular complexity index is 3600. The van der Waals surface area contributed by atoms with Crippen molar-refractivity contribution >= 4 is 97.8 Å². The molecule has 29 nitrogen and oxygen atoms in total. The lowest BCUT2D eigenvalue weighted by Crippen LogP contribution is -2.60. The standard InChI is InChI=1S/C67H99N21O8/c1-2-3-4-5-6-7-8-30-57(89)76-31-16-15-27-51(58(69)90)83-62(94)55(36-42-39-81-49-25-13-10-21-45(42)49)87-60(92)53(29-19-34-79-67(74)75)85-64(96)56(37-43-40-82-50-26-14-11-22-46(43)50)88-61(93)52(28-18-33-78-66(72)73)84-63(95)54(35-41-38-80-48-24-12-9-20-44(41)48)86-59(91)47(68)23-17-32-77-65(70)71/h9-14,20-22,24-26,38-40,47,51-56,80-82H,2-8,15-19,23,27-37,68H2,1H3,(H2,69,90)(H,76,89)(H,83,94)(H,84,95)(H,85,96)(H,86,91)(H,87,92)(H,88,93)(H4,70,71,77)(H4,72,73,78)(H4,74,75,79)/t47-,51+,52+,53-,54-,55-,56+/m1/s1. The van der Waals surface area contributed by atoms with Crippen LogP contribution in [-0.4, -0.2) is 149 Å². The first-order valence-corrected chi connectivity index (χ1v) is 33.2. The van der Waals surface area contributed by atoms with Gasteiger partial charge in [-0.3, -0.25) is 53.3 Å². The summed E-state index contributed by atoms with van der Waals surface area (Å²) in [6.45, 7) is 2.83. The molecule has 0 bridgehead atoms. The van der Waals surface area contributed by atoms with Gasteiger partial charge in [-0.05, 0) is 99.1 Å². The minimum atomic E-state index is -1.46. The number of nitrogens with two attached hydrogens (primary N) is 8. The van der Waals surface area contributed by atoms with Crippen molar-refractivity contribution in [1.82, 2.24) is 52.2 Å². The minimum Gasteiger partial charge on any atom is -0.370 e. The summed E-state index contributed by atoms with van der Waals surface area (Å²) in [5, 5.41) is 22.2. The van der Waals surface area contributed by atoms with Gasteiger partial charge in [-0.15, -0.1) is 0 Å². The van der Waals surface area contributed by atoms with Crippen molar-refractivity contribution in [2.75, 3.05) is 26.2 Å². The number of amides is 8. The molecule has 6 rings (SSSR count). The molecule has 0 saturated heterocycles. The summed E-state index contributed by atoms with van der Waals surface area (Å²) in [4.78, 5) is 136. The summed E-state index contributed by atoms with van der Waals surface area (Å²) in [7, 11) is 0. The van der Waals surface area contributed by atoms with Crippen molar-refractivity contribution in [3.63, 3.8) is 0 Å². The summed E-state index contributed by atoms with van der Waals surface area (Å²) in [6.07, 6.45) is 14.6. The van der Waals surface area contributed by atoms with Crippen LogP contribution in [0.15, 0.2) is 106 Å². The molecule has 8 amide bonds. The first-order chi connectivity index (χ1) is 46.2.